The van der Waals surface area contributed by atoms with Crippen molar-refractivity contribution >= 4 is 27.4 Å². The number of rotatable bonds is 6. The Balaban J connectivity index is 1.40. The van der Waals surface area contributed by atoms with Gasteiger partial charge < -0.3 is 20.3 Å². The number of benzene rings is 1. The molecule has 33 heavy (non-hydrogen) atoms. The van der Waals surface area contributed by atoms with Gasteiger partial charge >= 0.3 is 6.03 Å². The lowest BCUT2D eigenvalue weighted by Crippen LogP contribution is -2.43. The van der Waals surface area contributed by atoms with Gasteiger partial charge in [-0.3, -0.25) is 4.39 Å². The first kappa shape index (κ1) is 22.0. The summed E-state index contributed by atoms with van der Waals surface area (Å²) < 4.78 is 42.9. The van der Waals surface area contributed by atoms with Crippen LogP contribution in [0.15, 0.2) is 24.3 Å². The molecule has 2 fully saturated rings. The molecule has 3 aliphatic heterocycles. The summed E-state index contributed by atoms with van der Waals surface area (Å²) in [5.41, 5.74) is 2.56. The van der Waals surface area contributed by atoms with E-state index >= 15 is 0 Å². The second-order valence-electron chi connectivity index (χ2n) is 8.69. The molecule has 2 amide bonds. The summed E-state index contributed by atoms with van der Waals surface area (Å²) in [7, 11) is -3.25. The van der Waals surface area contributed by atoms with Crippen LogP contribution in [-0.4, -0.2) is 62.9 Å². The van der Waals surface area contributed by atoms with Gasteiger partial charge in [0, 0.05) is 36.4 Å². The van der Waals surface area contributed by atoms with Crippen LogP contribution in [0.25, 0.3) is 11.4 Å². The van der Waals surface area contributed by atoms with Crippen molar-refractivity contribution in [3.63, 3.8) is 0 Å². The van der Waals surface area contributed by atoms with E-state index in [0.29, 0.717) is 41.7 Å². The molecule has 2 unspecified atom stereocenters. The van der Waals surface area contributed by atoms with Crippen LogP contribution in [0, 0.1) is 0 Å². The predicted molar refractivity (Wildman–Crippen MR) is 122 cm³/mol. The molecule has 11 heteroatoms. The van der Waals surface area contributed by atoms with E-state index in [1.54, 1.807) is 24.3 Å². The average Bonchev–Trinajstić information content (AvgIpc) is 3.29. The highest BCUT2D eigenvalue weighted by molar-refractivity contribution is 7.90. The van der Waals surface area contributed by atoms with Crippen LogP contribution in [0.1, 0.15) is 30.5 Å². The molecule has 1 aromatic carbocycles. The fourth-order valence-corrected chi connectivity index (χ4v) is 6.08. The van der Waals surface area contributed by atoms with Gasteiger partial charge in [0.2, 0.25) is 0 Å². The molecule has 2 bridgehead atoms. The number of nitrogens with zero attached hydrogens (tertiary/aromatic N) is 3. The number of nitrogens with one attached hydrogen (secondary N) is 2. The minimum absolute atomic E-state index is 0.0367. The standard InChI is InChI=1S/C22H26FN5O4S/c23-8-1-9-24-22(29)25-15-4-2-14(3-5-15)20-26-19-13-33(30,31)12-18(19)21(27-20)28-10-16-6-7-17(11-28)32-16/h2-5,16-17H,1,6-13H2,(H2,24,25,29). The largest absolute Gasteiger partial charge is 0.371 e. The van der Waals surface area contributed by atoms with E-state index < -0.39 is 22.5 Å². The Labute approximate surface area is 191 Å². The Bertz CT molecular complexity index is 1150. The van der Waals surface area contributed by atoms with Crippen molar-refractivity contribution in [3.8, 4) is 11.4 Å². The molecule has 0 saturated carbocycles. The van der Waals surface area contributed by atoms with E-state index in [9.17, 15) is 17.6 Å². The number of hydrogen-bond acceptors (Lipinski definition) is 7. The lowest BCUT2D eigenvalue weighted by Gasteiger charge is -2.34. The first-order chi connectivity index (χ1) is 15.9. The molecule has 0 aliphatic carbocycles. The number of carbonyl (C=O) groups is 1. The monoisotopic (exact) mass is 475 g/mol. The number of carbonyl (C=O) groups excluding carboxylic acids is 1. The van der Waals surface area contributed by atoms with Gasteiger partial charge in [-0.2, -0.15) is 0 Å². The van der Waals surface area contributed by atoms with Crippen LogP contribution in [0.5, 0.6) is 0 Å². The summed E-state index contributed by atoms with van der Waals surface area (Å²) in [6.45, 7) is 1.17. The van der Waals surface area contributed by atoms with Crippen molar-refractivity contribution in [1.29, 1.82) is 0 Å². The number of fused-ring (bicyclic) bond motifs is 3. The van der Waals surface area contributed by atoms with Crippen LogP contribution in [0.2, 0.25) is 0 Å². The van der Waals surface area contributed by atoms with Crippen LogP contribution >= 0.6 is 0 Å². The molecular formula is C22H26FN5O4S. The van der Waals surface area contributed by atoms with E-state index in [-0.39, 0.29) is 36.7 Å². The number of halogens is 1. The van der Waals surface area contributed by atoms with E-state index in [1.807, 2.05) is 0 Å². The zero-order valence-electron chi connectivity index (χ0n) is 18.1. The number of ether oxygens (including phenoxy) is 1. The third kappa shape index (κ3) is 4.79. The molecule has 2 atom stereocenters. The van der Waals surface area contributed by atoms with Gasteiger partial charge in [0.1, 0.15) is 5.82 Å². The minimum atomic E-state index is -3.25. The quantitative estimate of drug-likeness (QED) is 0.617. The predicted octanol–water partition coefficient (Wildman–Crippen LogP) is 2.42. The zero-order valence-corrected chi connectivity index (χ0v) is 18.9. The summed E-state index contributed by atoms with van der Waals surface area (Å²) in [4.78, 5) is 23.4. The SMILES string of the molecule is O=C(NCCCF)Nc1ccc(-c2nc3c(c(N4CC5CCC(C4)O5)n2)CS(=O)(=O)C3)cc1. The molecule has 2 aromatic rings. The highest BCUT2D eigenvalue weighted by Gasteiger charge is 2.38. The fraction of sp³-hybridized carbons (Fsp3) is 0.500. The molecule has 9 nitrogen and oxygen atoms in total. The smallest absolute Gasteiger partial charge is 0.319 e. The number of anilines is 2. The number of urea groups is 1. The Hall–Kier alpha value is -2.79. The molecule has 176 valence electrons. The van der Waals surface area contributed by atoms with Crippen LogP contribution in [-0.2, 0) is 26.1 Å². The van der Waals surface area contributed by atoms with Crippen molar-refractivity contribution < 1.29 is 22.3 Å². The number of alkyl halides is 1. The van der Waals surface area contributed by atoms with Gasteiger partial charge in [0.05, 0.1) is 36.1 Å². The maximum absolute atomic E-state index is 12.4. The highest BCUT2D eigenvalue weighted by Crippen LogP contribution is 2.36. The van der Waals surface area contributed by atoms with E-state index in [2.05, 4.69) is 20.5 Å². The second-order valence-corrected chi connectivity index (χ2v) is 10.8. The maximum Gasteiger partial charge on any atom is 0.319 e. The summed E-state index contributed by atoms with van der Waals surface area (Å²) in [5.74, 6) is 1.02. The molecule has 5 rings (SSSR count). The maximum atomic E-state index is 12.4. The van der Waals surface area contributed by atoms with Crippen molar-refractivity contribution in [1.82, 2.24) is 15.3 Å². The second kappa shape index (κ2) is 8.86. The summed E-state index contributed by atoms with van der Waals surface area (Å²) in [6, 6.07) is 6.63. The third-order valence-electron chi connectivity index (χ3n) is 6.13. The highest BCUT2D eigenvalue weighted by atomic mass is 32.2. The van der Waals surface area contributed by atoms with E-state index in [0.717, 1.165) is 18.4 Å². The summed E-state index contributed by atoms with van der Waals surface area (Å²) >= 11 is 0. The molecule has 2 saturated heterocycles. The Morgan fingerprint density at radius 1 is 1.12 bits per heavy atom. The molecule has 0 radical (unpaired) electrons. The number of amides is 2. The fourth-order valence-electron chi connectivity index (χ4n) is 4.59. The van der Waals surface area contributed by atoms with Crippen molar-refractivity contribution in [2.75, 3.05) is 36.5 Å². The molecule has 2 N–H and O–H groups in total. The Morgan fingerprint density at radius 3 is 2.55 bits per heavy atom. The Kier molecular flexibility index (Phi) is 5.92. The van der Waals surface area contributed by atoms with Gasteiger partial charge in [-0.1, -0.05) is 0 Å². The molecule has 3 aliphatic rings. The number of aromatic nitrogens is 2. The molecule has 0 spiro atoms. The average molecular weight is 476 g/mol. The van der Waals surface area contributed by atoms with Gasteiger partial charge in [0.25, 0.3) is 0 Å². The van der Waals surface area contributed by atoms with Gasteiger partial charge in [-0.15, -0.1) is 0 Å². The summed E-state index contributed by atoms with van der Waals surface area (Å²) in [5, 5.41) is 5.28. The number of sulfone groups is 1. The molecular weight excluding hydrogens is 449 g/mol. The lowest BCUT2D eigenvalue weighted by atomic mass is 10.1. The van der Waals surface area contributed by atoms with Gasteiger partial charge in [0.15, 0.2) is 15.7 Å². The van der Waals surface area contributed by atoms with Crippen molar-refractivity contribution in [3.05, 3.63) is 35.5 Å². The zero-order chi connectivity index (χ0) is 23.0. The normalized spacial score (nSPS) is 22.8. The van der Waals surface area contributed by atoms with Crippen LogP contribution in [0.3, 0.4) is 0 Å². The first-order valence-corrected chi connectivity index (χ1v) is 12.9. The lowest BCUT2D eigenvalue weighted by molar-refractivity contribution is 0.0302. The van der Waals surface area contributed by atoms with Crippen LogP contribution < -0.4 is 15.5 Å². The van der Waals surface area contributed by atoms with E-state index in [1.165, 1.54) is 0 Å². The Morgan fingerprint density at radius 2 is 1.85 bits per heavy atom. The number of hydrogen-bond donors (Lipinski definition) is 2. The van der Waals surface area contributed by atoms with Crippen molar-refractivity contribution in [2.24, 2.45) is 0 Å². The third-order valence-corrected chi connectivity index (χ3v) is 7.57. The van der Waals surface area contributed by atoms with Crippen molar-refractivity contribution in [2.45, 2.75) is 43.0 Å². The first-order valence-electron chi connectivity index (χ1n) is 11.1. The van der Waals surface area contributed by atoms with Crippen LogP contribution in [0.4, 0.5) is 20.7 Å². The van der Waals surface area contributed by atoms with Gasteiger partial charge in [-0.25, -0.2) is 23.2 Å². The molecule has 1 aromatic heterocycles. The van der Waals surface area contributed by atoms with Gasteiger partial charge in [-0.05, 0) is 43.5 Å². The number of morpholine rings is 1. The van der Waals surface area contributed by atoms with E-state index in [4.69, 9.17) is 9.72 Å². The minimum Gasteiger partial charge on any atom is -0.371 e. The topological polar surface area (TPSA) is 114 Å². The molecule has 4 heterocycles. The summed E-state index contributed by atoms with van der Waals surface area (Å²) in [6.07, 6.45) is 2.59.